The Bertz CT molecular complexity index is 780. The van der Waals surface area contributed by atoms with Crippen LogP contribution in [-0.2, 0) is 4.74 Å². The topological polar surface area (TPSA) is 31.4 Å². The van der Waals surface area contributed by atoms with E-state index in [0.717, 1.165) is 31.0 Å². The number of nitrogens with zero attached hydrogens (tertiary/aromatic N) is 1. The molecule has 0 aliphatic carbocycles. The first-order valence-electron chi connectivity index (χ1n) is 6.62. The van der Waals surface area contributed by atoms with Gasteiger partial charge in [-0.25, -0.2) is 4.98 Å². The fourth-order valence-electron chi connectivity index (χ4n) is 1.93. The van der Waals surface area contributed by atoms with Crippen LogP contribution in [0.5, 0.6) is 5.75 Å². The molecule has 2 aromatic carbocycles. The molecule has 0 fully saturated rings. The van der Waals surface area contributed by atoms with Crippen molar-refractivity contribution in [2.24, 2.45) is 0 Å². The second kappa shape index (κ2) is 7.05. The van der Waals surface area contributed by atoms with Gasteiger partial charge in [-0.2, -0.15) is 0 Å². The minimum atomic E-state index is 0.233. The van der Waals surface area contributed by atoms with E-state index in [1.165, 1.54) is 0 Å². The van der Waals surface area contributed by atoms with E-state index in [-0.39, 0.29) is 6.79 Å². The van der Waals surface area contributed by atoms with E-state index in [1.807, 2.05) is 48.6 Å². The Kier molecular flexibility index (Phi) is 4.87. The highest BCUT2D eigenvalue weighted by atomic mass is 79.9. The van der Waals surface area contributed by atoms with Gasteiger partial charge in [0.2, 0.25) is 0 Å². The molecule has 0 atom stereocenters. The molecule has 0 saturated heterocycles. The summed E-state index contributed by atoms with van der Waals surface area (Å²) in [7, 11) is 1.60. The lowest BCUT2D eigenvalue weighted by atomic mass is 10.2. The van der Waals surface area contributed by atoms with Crippen LogP contribution in [0.25, 0.3) is 22.4 Å². The standard InChI is InChI=1S/C17H13BrNO2S/c1-20-11-21-15-8-6-12(10-13(15)18)7-9-17-19-14-4-2-3-5-16(14)22-17/h2,4-10H,11H2,1H3. The predicted molar refractivity (Wildman–Crippen MR) is 94.0 cm³/mol. The van der Waals surface area contributed by atoms with Crippen LogP contribution in [0.1, 0.15) is 10.6 Å². The van der Waals surface area contributed by atoms with E-state index in [0.29, 0.717) is 0 Å². The summed E-state index contributed by atoms with van der Waals surface area (Å²) in [6.07, 6.45) is 4.05. The van der Waals surface area contributed by atoms with Crippen molar-refractivity contribution in [3.8, 4) is 5.75 Å². The molecule has 5 heteroatoms. The number of aromatic nitrogens is 1. The molecule has 0 aliphatic heterocycles. The minimum absolute atomic E-state index is 0.233. The molecule has 3 aromatic rings. The normalized spacial score (nSPS) is 11.4. The van der Waals surface area contributed by atoms with Crippen LogP contribution in [0.3, 0.4) is 0 Å². The van der Waals surface area contributed by atoms with Gasteiger partial charge in [0, 0.05) is 7.11 Å². The molecule has 1 aromatic heterocycles. The molecule has 3 rings (SSSR count). The summed E-state index contributed by atoms with van der Waals surface area (Å²) in [4.78, 5) is 4.57. The quantitative estimate of drug-likeness (QED) is 0.588. The Morgan fingerprint density at radius 2 is 2.23 bits per heavy atom. The zero-order chi connectivity index (χ0) is 15.4. The molecule has 0 spiro atoms. The van der Waals surface area contributed by atoms with Crippen molar-refractivity contribution in [1.82, 2.24) is 4.98 Å². The minimum Gasteiger partial charge on any atom is -0.466 e. The summed E-state index contributed by atoms with van der Waals surface area (Å²) in [5.41, 5.74) is 2.08. The molecule has 0 saturated carbocycles. The first-order valence-corrected chi connectivity index (χ1v) is 8.23. The third kappa shape index (κ3) is 3.55. The van der Waals surface area contributed by atoms with Gasteiger partial charge in [0.05, 0.1) is 14.7 Å². The van der Waals surface area contributed by atoms with Crippen molar-refractivity contribution >= 4 is 49.6 Å². The average molecular weight is 375 g/mol. The van der Waals surface area contributed by atoms with Crippen LogP contribution in [0.4, 0.5) is 0 Å². The highest BCUT2D eigenvalue weighted by molar-refractivity contribution is 9.10. The summed E-state index contributed by atoms with van der Waals surface area (Å²) in [5.74, 6) is 0.759. The monoisotopic (exact) mass is 374 g/mol. The zero-order valence-corrected chi connectivity index (χ0v) is 14.3. The highest BCUT2D eigenvalue weighted by Gasteiger charge is 2.02. The predicted octanol–water partition coefficient (Wildman–Crippen LogP) is 5.01. The second-order valence-electron chi connectivity index (χ2n) is 4.52. The van der Waals surface area contributed by atoms with Crippen LogP contribution < -0.4 is 4.74 Å². The van der Waals surface area contributed by atoms with Gasteiger partial charge in [-0.3, -0.25) is 0 Å². The van der Waals surface area contributed by atoms with Gasteiger partial charge in [-0.1, -0.05) is 18.2 Å². The fraction of sp³-hybridized carbons (Fsp3) is 0.118. The van der Waals surface area contributed by atoms with E-state index in [1.54, 1.807) is 18.4 Å². The van der Waals surface area contributed by atoms with Gasteiger partial charge in [0.15, 0.2) is 6.79 Å². The van der Waals surface area contributed by atoms with E-state index >= 15 is 0 Å². The number of methoxy groups -OCH3 is 1. The van der Waals surface area contributed by atoms with E-state index < -0.39 is 0 Å². The van der Waals surface area contributed by atoms with Crippen LogP contribution in [-0.4, -0.2) is 18.9 Å². The molecule has 1 heterocycles. The summed E-state index contributed by atoms with van der Waals surface area (Å²) in [6.45, 7) is 0.233. The largest absolute Gasteiger partial charge is 0.466 e. The number of hydrogen-bond acceptors (Lipinski definition) is 4. The lowest BCUT2D eigenvalue weighted by Crippen LogP contribution is -1.99. The number of hydrogen-bond donors (Lipinski definition) is 0. The first kappa shape index (κ1) is 15.2. The fourth-order valence-corrected chi connectivity index (χ4v) is 3.30. The van der Waals surface area contributed by atoms with Crippen molar-refractivity contribution in [2.45, 2.75) is 0 Å². The van der Waals surface area contributed by atoms with Crippen LogP contribution >= 0.6 is 27.3 Å². The van der Waals surface area contributed by atoms with Gasteiger partial charge in [0.25, 0.3) is 0 Å². The molecule has 0 N–H and O–H groups in total. The Hall–Kier alpha value is -1.69. The number of thiazole rings is 1. The van der Waals surface area contributed by atoms with Gasteiger partial charge in [-0.05, 0) is 57.9 Å². The van der Waals surface area contributed by atoms with Crippen LogP contribution in [0.15, 0.2) is 40.9 Å². The van der Waals surface area contributed by atoms with Gasteiger partial charge >= 0.3 is 0 Å². The average Bonchev–Trinajstić information content (AvgIpc) is 2.95. The van der Waals surface area contributed by atoms with Crippen molar-refractivity contribution in [2.75, 3.05) is 13.9 Å². The lowest BCUT2D eigenvalue weighted by Gasteiger charge is -2.07. The smallest absolute Gasteiger partial charge is 0.188 e. The number of fused-ring (bicyclic) bond motifs is 1. The Morgan fingerprint density at radius 1 is 1.32 bits per heavy atom. The molecular weight excluding hydrogens is 362 g/mol. The molecular formula is C17H13BrNO2S. The van der Waals surface area contributed by atoms with Crippen molar-refractivity contribution in [3.63, 3.8) is 0 Å². The first-order chi connectivity index (χ1) is 10.8. The molecule has 0 unspecified atom stereocenters. The molecule has 0 amide bonds. The number of benzene rings is 2. The molecule has 22 heavy (non-hydrogen) atoms. The summed E-state index contributed by atoms with van der Waals surface area (Å²) >= 11 is 5.15. The van der Waals surface area contributed by atoms with Crippen molar-refractivity contribution in [3.05, 3.63) is 57.5 Å². The number of ether oxygens (including phenoxy) is 2. The summed E-state index contributed by atoms with van der Waals surface area (Å²) < 4.78 is 12.4. The zero-order valence-electron chi connectivity index (χ0n) is 11.9. The van der Waals surface area contributed by atoms with Crippen LogP contribution in [0.2, 0.25) is 0 Å². The van der Waals surface area contributed by atoms with Crippen molar-refractivity contribution < 1.29 is 9.47 Å². The maximum atomic E-state index is 5.44. The number of halogens is 1. The van der Waals surface area contributed by atoms with E-state index in [4.69, 9.17) is 9.47 Å². The maximum absolute atomic E-state index is 5.44. The Balaban J connectivity index is 1.78. The summed E-state index contributed by atoms with van der Waals surface area (Å²) in [6, 6.07) is 14.8. The van der Waals surface area contributed by atoms with Gasteiger partial charge < -0.3 is 9.47 Å². The highest BCUT2D eigenvalue weighted by Crippen LogP contribution is 2.27. The molecule has 0 aliphatic rings. The lowest BCUT2D eigenvalue weighted by molar-refractivity contribution is 0.0506. The van der Waals surface area contributed by atoms with Gasteiger partial charge in [0.1, 0.15) is 10.8 Å². The molecule has 111 valence electrons. The van der Waals surface area contributed by atoms with Gasteiger partial charge in [-0.15, -0.1) is 11.3 Å². The van der Waals surface area contributed by atoms with E-state index in [2.05, 4.69) is 27.0 Å². The van der Waals surface area contributed by atoms with E-state index in [9.17, 15) is 0 Å². The SMILES string of the molecule is COCOc1ccc(C=Cc2nc3cc[c]cc3s2)cc1Br. The third-order valence-corrected chi connectivity index (χ3v) is 4.56. The second-order valence-corrected chi connectivity index (χ2v) is 6.44. The Labute approximate surface area is 141 Å². The molecule has 1 radical (unpaired) electrons. The Morgan fingerprint density at radius 3 is 3.00 bits per heavy atom. The maximum Gasteiger partial charge on any atom is 0.188 e. The summed E-state index contributed by atoms with van der Waals surface area (Å²) in [5, 5.41) is 0.977. The molecule has 0 bridgehead atoms. The van der Waals surface area contributed by atoms with Crippen molar-refractivity contribution in [1.29, 1.82) is 0 Å². The molecule has 3 nitrogen and oxygen atoms in total. The van der Waals surface area contributed by atoms with Crippen LogP contribution in [0, 0.1) is 6.07 Å². The third-order valence-electron chi connectivity index (χ3n) is 2.96. The number of rotatable bonds is 5.